The van der Waals surface area contributed by atoms with E-state index in [0.29, 0.717) is 37.8 Å². The molecular formula is C25H28N4O5S. The molecule has 1 aliphatic rings. The lowest BCUT2D eigenvalue weighted by Gasteiger charge is -2.26. The van der Waals surface area contributed by atoms with Gasteiger partial charge in [0.2, 0.25) is 4.80 Å². The van der Waals surface area contributed by atoms with Gasteiger partial charge < -0.3 is 23.8 Å². The minimum atomic E-state index is -0.0724. The van der Waals surface area contributed by atoms with E-state index in [1.165, 1.54) is 11.3 Å². The van der Waals surface area contributed by atoms with Crippen LogP contribution >= 0.6 is 11.3 Å². The van der Waals surface area contributed by atoms with Crippen LogP contribution < -0.4 is 19.0 Å². The fourth-order valence-electron chi connectivity index (χ4n) is 3.57. The highest BCUT2D eigenvalue weighted by atomic mass is 32.1. The van der Waals surface area contributed by atoms with Crippen LogP contribution in [0.5, 0.6) is 17.2 Å². The van der Waals surface area contributed by atoms with Crippen molar-refractivity contribution in [3.05, 3.63) is 58.2 Å². The molecule has 0 atom stereocenters. The van der Waals surface area contributed by atoms with E-state index in [9.17, 15) is 4.79 Å². The molecule has 0 bridgehead atoms. The van der Waals surface area contributed by atoms with Crippen LogP contribution in [0.15, 0.2) is 57.9 Å². The maximum atomic E-state index is 12.4. The molecule has 0 aliphatic carbocycles. The highest BCUT2D eigenvalue weighted by molar-refractivity contribution is 7.07. The molecular weight excluding hydrogens is 468 g/mol. The number of ether oxygens (including phenoxy) is 4. The Hall–Kier alpha value is -3.63. The Bertz CT molecular complexity index is 1240. The fraction of sp³-hybridized carbons (Fsp3) is 0.320. The zero-order valence-corrected chi connectivity index (χ0v) is 20.8. The number of morpholine rings is 1. The molecule has 35 heavy (non-hydrogen) atoms. The molecule has 1 amide bonds. The summed E-state index contributed by atoms with van der Waals surface area (Å²) < 4.78 is 23.6. The van der Waals surface area contributed by atoms with E-state index in [-0.39, 0.29) is 12.5 Å². The highest BCUT2D eigenvalue weighted by Gasteiger charge is 2.18. The van der Waals surface area contributed by atoms with Crippen molar-refractivity contribution in [2.24, 2.45) is 10.1 Å². The highest BCUT2D eigenvalue weighted by Crippen LogP contribution is 2.28. The van der Waals surface area contributed by atoms with Crippen molar-refractivity contribution in [3.63, 3.8) is 0 Å². The van der Waals surface area contributed by atoms with Crippen LogP contribution in [0, 0.1) is 0 Å². The van der Waals surface area contributed by atoms with E-state index >= 15 is 0 Å². The first-order valence-corrected chi connectivity index (χ1v) is 12.0. The summed E-state index contributed by atoms with van der Waals surface area (Å²) in [7, 11) is 4.95. The molecule has 0 saturated carbocycles. The standard InChI is InChI=1S/C25H28N4O5S/c1-26-25-29(21(17-35-25)19-5-7-20(31-2)8-6-19)27-15-18-4-9-22(23(14-18)32-3)34-16-24(30)28-10-12-33-13-11-28/h4-9,14-15,17H,10-13,16H2,1-3H3. The maximum Gasteiger partial charge on any atom is 0.260 e. The Kier molecular flexibility index (Phi) is 8.17. The first-order valence-electron chi connectivity index (χ1n) is 11.1. The first-order chi connectivity index (χ1) is 17.1. The van der Waals surface area contributed by atoms with Gasteiger partial charge in [-0.05, 0) is 48.0 Å². The van der Waals surface area contributed by atoms with Gasteiger partial charge in [0, 0.05) is 31.1 Å². The summed E-state index contributed by atoms with van der Waals surface area (Å²) in [6.07, 6.45) is 1.74. The molecule has 0 spiro atoms. The van der Waals surface area contributed by atoms with Gasteiger partial charge in [-0.1, -0.05) is 0 Å². The van der Waals surface area contributed by atoms with E-state index in [4.69, 9.17) is 18.9 Å². The van der Waals surface area contributed by atoms with Gasteiger partial charge in [0.1, 0.15) is 5.75 Å². The van der Waals surface area contributed by atoms with Gasteiger partial charge in [-0.15, -0.1) is 11.3 Å². The number of hydrogen-bond donors (Lipinski definition) is 0. The smallest absolute Gasteiger partial charge is 0.260 e. The van der Waals surface area contributed by atoms with Gasteiger partial charge in [-0.3, -0.25) is 9.79 Å². The number of methoxy groups -OCH3 is 2. The molecule has 10 heteroatoms. The minimum absolute atomic E-state index is 0.0544. The van der Waals surface area contributed by atoms with Crippen molar-refractivity contribution in [3.8, 4) is 28.5 Å². The lowest BCUT2D eigenvalue weighted by Crippen LogP contribution is -2.43. The Morgan fingerprint density at radius 3 is 2.54 bits per heavy atom. The monoisotopic (exact) mass is 496 g/mol. The molecule has 0 unspecified atom stereocenters. The molecule has 1 aliphatic heterocycles. The van der Waals surface area contributed by atoms with E-state index < -0.39 is 0 Å². The topological polar surface area (TPSA) is 86.9 Å². The van der Waals surface area contributed by atoms with E-state index in [0.717, 1.165) is 27.4 Å². The number of amides is 1. The summed E-state index contributed by atoms with van der Waals surface area (Å²) in [6, 6.07) is 13.3. The maximum absolute atomic E-state index is 12.4. The second-order valence-corrected chi connectivity index (χ2v) is 8.44. The van der Waals surface area contributed by atoms with Gasteiger partial charge in [-0.25, -0.2) is 4.68 Å². The largest absolute Gasteiger partial charge is 0.497 e. The quantitative estimate of drug-likeness (QED) is 0.448. The van der Waals surface area contributed by atoms with Gasteiger partial charge in [0.05, 0.1) is 39.3 Å². The summed E-state index contributed by atoms with van der Waals surface area (Å²) in [5.41, 5.74) is 2.73. The van der Waals surface area contributed by atoms with E-state index in [1.54, 1.807) is 43.1 Å². The average molecular weight is 497 g/mol. The molecule has 3 aromatic rings. The molecule has 9 nitrogen and oxygen atoms in total. The second kappa shape index (κ2) is 11.7. The average Bonchev–Trinajstić information content (AvgIpc) is 3.34. The molecule has 184 valence electrons. The SMILES string of the molecule is CN=c1scc(-c2ccc(OC)cc2)n1N=Cc1ccc(OCC(=O)N2CCOCC2)c(OC)c1. The summed E-state index contributed by atoms with van der Waals surface area (Å²) in [4.78, 5) is 19.2. The Morgan fingerprint density at radius 2 is 1.86 bits per heavy atom. The van der Waals surface area contributed by atoms with Crippen molar-refractivity contribution in [2.75, 3.05) is 54.2 Å². The van der Waals surface area contributed by atoms with Crippen LogP contribution in [0.3, 0.4) is 0 Å². The first kappa shape index (κ1) is 24.5. The summed E-state index contributed by atoms with van der Waals surface area (Å²) in [5.74, 6) is 1.74. The number of rotatable bonds is 8. The third-order valence-electron chi connectivity index (χ3n) is 5.49. The van der Waals surface area contributed by atoms with Crippen molar-refractivity contribution in [1.29, 1.82) is 0 Å². The third kappa shape index (κ3) is 5.90. The van der Waals surface area contributed by atoms with Crippen LogP contribution in [-0.2, 0) is 9.53 Å². The van der Waals surface area contributed by atoms with E-state index in [1.807, 2.05) is 41.8 Å². The Balaban J connectivity index is 1.51. The lowest BCUT2D eigenvalue weighted by atomic mass is 10.2. The number of benzene rings is 2. The predicted octanol–water partition coefficient (Wildman–Crippen LogP) is 2.88. The van der Waals surface area contributed by atoms with Crippen LogP contribution in [0.1, 0.15) is 5.56 Å². The van der Waals surface area contributed by atoms with Crippen molar-refractivity contribution >= 4 is 23.5 Å². The molecule has 0 radical (unpaired) electrons. The Morgan fingerprint density at radius 1 is 1.09 bits per heavy atom. The van der Waals surface area contributed by atoms with Crippen LogP contribution in [0.25, 0.3) is 11.3 Å². The zero-order chi connectivity index (χ0) is 24.6. The number of carbonyl (C=O) groups is 1. The number of nitrogens with zero attached hydrogens (tertiary/aromatic N) is 4. The summed E-state index contributed by atoms with van der Waals surface area (Å²) in [6.45, 7) is 2.22. The minimum Gasteiger partial charge on any atom is -0.497 e. The van der Waals surface area contributed by atoms with Crippen molar-refractivity contribution in [1.82, 2.24) is 9.58 Å². The molecule has 4 rings (SSSR count). The van der Waals surface area contributed by atoms with Crippen molar-refractivity contribution < 1.29 is 23.7 Å². The van der Waals surface area contributed by atoms with Gasteiger partial charge in [0.15, 0.2) is 18.1 Å². The molecule has 2 aromatic carbocycles. The Labute approximate surface area is 207 Å². The molecule has 1 saturated heterocycles. The summed E-state index contributed by atoms with van der Waals surface area (Å²) >= 11 is 1.51. The lowest BCUT2D eigenvalue weighted by molar-refractivity contribution is -0.137. The number of hydrogen-bond acceptors (Lipinski definition) is 8. The van der Waals surface area contributed by atoms with Crippen molar-refractivity contribution in [2.45, 2.75) is 0 Å². The molecule has 2 heterocycles. The van der Waals surface area contributed by atoms with Gasteiger partial charge >= 0.3 is 0 Å². The van der Waals surface area contributed by atoms with Gasteiger partial charge in [0.25, 0.3) is 5.91 Å². The number of aromatic nitrogens is 1. The summed E-state index contributed by atoms with van der Waals surface area (Å²) in [5, 5.41) is 6.69. The normalized spacial score (nSPS) is 14.4. The number of carbonyl (C=O) groups excluding carboxylic acids is 1. The molecule has 1 fully saturated rings. The number of thiazole rings is 1. The van der Waals surface area contributed by atoms with E-state index in [2.05, 4.69) is 10.1 Å². The van der Waals surface area contributed by atoms with Crippen LogP contribution in [-0.4, -0.2) is 75.9 Å². The van der Waals surface area contributed by atoms with Crippen LogP contribution in [0.2, 0.25) is 0 Å². The molecule has 0 N–H and O–H groups in total. The fourth-order valence-corrected chi connectivity index (χ4v) is 4.38. The third-order valence-corrected chi connectivity index (χ3v) is 6.39. The van der Waals surface area contributed by atoms with Crippen LogP contribution in [0.4, 0.5) is 0 Å². The van der Waals surface area contributed by atoms with Gasteiger partial charge in [-0.2, -0.15) is 5.10 Å². The second-order valence-electron chi connectivity index (χ2n) is 7.60. The predicted molar refractivity (Wildman–Crippen MR) is 135 cm³/mol. The molecule has 1 aromatic heterocycles. The zero-order valence-electron chi connectivity index (χ0n) is 20.0.